The van der Waals surface area contributed by atoms with Crippen LogP contribution in [0, 0.1) is 11.3 Å². The maximum absolute atomic E-state index is 7.32. The molecule has 0 spiro atoms. The first-order valence-corrected chi connectivity index (χ1v) is 0.724. The molecule has 0 aliphatic carbocycles. The van der Waals surface area contributed by atoms with Gasteiger partial charge in [-0.3, -0.25) is 0 Å². The van der Waals surface area contributed by atoms with E-state index in [1.807, 2.05) is 0 Å². The fourth-order valence-electron chi connectivity index (χ4n) is 0. The van der Waals surface area contributed by atoms with Crippen molar-refractivity contribution in [3.05, 3.63) is 0 Å². The first kappa shape index (κ1) is 8.88. The van der Waals surface area contributed by atoms with Crippen LogP contribution in [0.15, 0.2) is 0 Å². The maximum atomic E-state index is 7.32. The van der Waals surface area contributed by atoms with Gasteiger partial charge >= 0.3 is 0 Å². The monoisotopic (exact) mass is 169 g/mol. The molecule has 0 aromatic heterocycles. The molecule has 4 heavy (non-hydrogen) atoms. The molecule has 0 aromatic carbocycles. The van der Waals surface area contributed by atoms with Crippen LogP contribution in [0.2, 0.25) is 0 Å². The largest absolute Gasteiger partial charge is 0.199 e. The molecule has 0 atom stereocenters. The molecule has 0 amide bonds. The second-order valence-electron chi connectivity index (χ2n) is 0.224. The van der Waals surface area contributed by atoms with Crippen LogP contribution in [0.3, 0.4) is 0 Å². The standard InChI is InChI=1S/C2H3N.HI/c1-2-3;/h1H3;1H. The Morgan fingerprint density at radius 2 is 1.75 bits per heavy atom. The van der Waals surface area contributed by atoms with Gasteiger partial charge in [0.2, 0.25) is 0 Å². The van der Waals surface area contributed by atoms with Crippen molar-refractivity contribution in [2.45, 2.75) is 6.92 Å². The summed E-state index contributed by atoms with van der Waals surface area (Å²) in [5, 5.41) is 7.32. The molecule has 0 unspecified atom stereocenters. The van der Waals surface area contributed by atoms with Crippen LogP contribution in [0.4, 0.5) is 0 Å². The molecule has 0 aromatic rings. The Hall–Kier alpha value is 0.220. The molecule has 0 saturated heterocycles. The molecule has 0 rings (SSSR count). The van der Waals surface area contributed by atoms with Gasteiger partial charge in [-0.05, 0) is 0 Å². The number of halogens is 1. The number of nitriles is 1. The Morgan fingerprint density at radius 3 is 1.75 bits per heavy atom. The quantitative estimate of drug-likeness (QED) is 0.499. The molecular formula is C2H4IN. The van der Waals surface area contributed by atoms with Gasteiger partial charge < -0.3 is 0 Å². The van der Waals surface area contributed by atoms with Gasteiger partial charge in [0.05, 0.1) is 6.07 Å². The van der Waals surface area contributed by atoms with E-state index in [-0.39, 0.29) is 24.0 Å². The van der Waals surface area contributed by atoms with Gasteiger partial charge in [-0.25, -0.2) is 0 Å². The van der Waals surface area contributed by atoms with E-state index >= 15 is 0 Å². The molecule has 24 valence electrons. The second-order valence-corrected chi connectivity index (χ2v) is 0.224. The Balaban J connectivity index is 0. The highest BCUT2D eigenvalue weighted by Gasteiger charge is 1.17. The van der Waals surface area contributed by atoms with E-state index in [1.165, 1.54) is 6.92 Å². The minimum atomic E-state index is 0. The number of rotatable bonds is 0. The summed E-state index contributed by atoms with van der Waals surface area (Å²) in [7, 11) is 0. The molecule has 0 N–H and O–H groups in total. The fourth-order valence-corrected chi connectivity index (χ4v) is 0. The smallest absolute Gasteiger partial charge is 0.0587 e. The number of hydrogen-bond donors (Lipinski definition) is 0. The van der Waals surface area contributed by atoms with Crippen LogP contribution in [0.25, 0.3) is 0 Å². The lowest BCUT2D eigenvalue weighted by atomic mass is 11.0. The minimum Gasteiger partial charge on any atom is -0.199 e. The van der Waals surface area contributed by atoms with Crippen molar-refractivity contribution in [1.82, 2.24) is 0 Å². The van der Waals surface area contributed by atoms with Crippen molar-refractivity contribution in [3.63, 3.8) is 0 Å². The predicted molar refractivity (Wildman–Crippen MR) is 26.7 cm³/mol. The molecule has 2 heteroatoms. The van der Waals surface area contributed by atoms with Gasteiger partial charge in [-0.1, -0.05) is 0 Å². The van der Waals surface area contributed by atoms with Crippen molar-refractivity contribution in [2.75, 3.05) is 0 Å². The summed E-state index contributed by atoms with van der Waals surface area (Å²) in [6.45, 7) is 1.43. The van der Waals surface area contributed by atoms with Crippen molar-refractivity contribution in [1.29, 1.82) is 5.26 Å². The third-order valence-electron chi connectivity index (χ3n) is 0. The Morgan fingerprint density at radius 1 is 1.75 bits per heavy atom. The Labute approximate surface area is 42.6 Å². The first-order valence-electron chi connectivity index (χ1n) is 0.724. The van der Waals surface area contributed by atoms with E-state index in [2.05, 4.69) is 0 Å². The zero-order valence-corrected chi connectivity index (χ0v) is 4.69. The number of nitrogens with zero attached hydrogens (tertiary/aromatic N) is 1. The molecule has 0 aliphatic rings. The van der Waals surface area contributed by atoms with Gasteiger partial charge in [0.1, 0.15) is 0 Å². The van der Waals surface area contributed by atoms with E-state index in [1.54, 1.807) is 6.07 Å². The highest BCUT2D eigenvalue weighted by molar-refractivity contribution is 14.0. The summed E-state index contributed by atoms with van der Waals surface area (Å²) in [6.07, 6.45) is 0. The molecule has 0 heterocycles. The summed E-state index contributed by atoms with van der Waals surface area (Å²) >= 11 is 0. The summed E-state index contributed by atoms with van der Waals surface area (Å²) in [5.74, 6) is 0. The van der Waals surface area contributed by atoms with Gasteiger partial charge in [-0.15, -0.1) is 24.0 Å². The third-order valence-corrected chi connectivity index (χ3v) is 0. The van der Waals surface area contributed by atoms with Crippen LogP contribution >= 0.6 is 24.0 Å². The lowest BCUT2D eigenvalue weighted by Crippen LogP contribution is -1.10. The fraction of sp³-hybridized carbons (Fsp3) is 0.500. The average Bonchev–Trinajstić information content (AvgIpc) is 0.918. The summed E-state index contributed by atoms with van der Waals surface area (Å²) < 4.78 is 0. The van der Waals surface area contributed by atoms with E-state index in [9.17, 15) is 0 Å². The highest BCUT2D eigenvalue weighted by Crippen LogP contribution is 1.21. The average molecular weight is 169 g/mol. The topological polar surface area (TPSA) is 23.8 Å². The van der Waals surface area contributed by atoms with Crippen LogP contribution < -0.4 is 0 Å². The summed E-state index contributed by atoms with van der Waals surface area (Å²) in [5.41, 5.74) is 0. The van der Waals surface area contributed by atoms with Gasteiger partial charge in [0.15, 0.2) is 0 Å². The molecular weight excluding hydrogens is 165 g/mol. The first-order chi connectivity index (χ1) is 1.41. The van der Waals surface area contributed by atoms with E-state index < -0.39 is 0 Å². The molecule has 0 fully saturated rings. The molecule has 1 nitrogen and oxygen atoms in total. The highest BCUT2D eigenvalue weighted by atomic mass is 127. The summed E-state index contributed by atoms with van der Waals surface area (Å²) in [6, 6.07) is 1.75. The van der Waals surface area contributed by atoms with Crippen molar-refractivity contribution >= 4 is 24.0 Å². The maximum Gasteiger partial charge on any atom is 0.0587 e. The third kappa shape index (κ3) is 68.3. The Bertz CT molecular complexity index is 27.5. The molecule has 0 bridgehead atoms. The van der Waals surface area contributed by atoms with Crippen LogP contribution in [-0.4, -0.2) is 0 Å². The van der Waals surface area contributed by atoms with Crippen molar-refractivity contribution < 1.29 is 0 Å². The number of hydrogen-bond acceptors (Lipinski definition) is 1. The SMILES string of the molecule is CC#N.I. The van der Waals surface area contributed by atoms with Gasteiger partial charge in [0.25, 0.3) is 0 Å². The minimum absolute atomic E-state index is 0. The van der Waals surface area contributed by atoms with Crippen molar-refractivity contribution in [3.8, 4) is 6.07 Å². The summed E-state index contributed by atoms with van der Waals surface area (Å²) in [4.78, 5) is 0. The Kier molecular flexibility index (Phi) is 23.7. The van der Waals surface area contributed by atoms with E-state index in [0.717, 1.165) is 0 Å². The van der Waals surface area contributed by atoms with Crippen LogP contribution in [-0.2, 0) is 0 Å². The molecule has 0 saturated carbocycles. The van der Waals surface area contributed by atoms with Gasteiger partial charge in [-0.2, -0.15) is 5.26 Å². The lowest BCUT2D eigenvalue weighted by Gasteiger charge is -1.15. The predicted octanol–water partition coefficient (Wildman–Crippen LogP) is 1.15. The van der Waals surface area contributed by atoms with Crippen molar-refractivity contribution in [2.24, 2.45) is 0 Å². The second kappa shape index (κ2) is 10.7. The normalized spacial score (nSPS) is 2.00. The van der Waals surface area contributed by atoms with Gasteiger partial charge in [0, 0.05) is 6.92 Å². The molecule has 0 aliphatic heterocycles. The zero-order valence-electron chi connectivity index (χ0n) is 2.36. The van der Waals surface area contributed by atoms with Crippen LogP contribution in [0.5, 0.6) is 0 Å². The van der Waals surface area contributed by atoms with Crippen LogP contribution in [0.1, 0.15) is 6.92 Å². The molecule has 0 radical (unpaired) electrons. The zero-order chi connectivity index (χ0) is 2.71. The van der Waals surface area contributed by atoms with E-state index in [4.69, 9.17) is 5.26 Å². The van der Waals surface area contributed by atoms with E-state index in [0.29, 0.717) is 0 Å². The lowest BCUT2D eigenvalue weighted by molar-refractivity contribution is 1.49.